The molecular formula is C16H18O4. The molecule has 1 aliphatic carbocycles. The van der Waals surface area contributed by atoms with E-state index in [1.54, 1.807) is 7.11 Å². The van der Waals surface area contributed by atoms with Gasteiger partial charge in [-0.2, -0.15) is 0 Å². The van der Waals surface area contributed by atoms with Crippen LogP contribution < -0.4 is 9.47 Å². The number of benzene rings is 1. The fourth-order valence-corrected chi connectivity index (χ4v) is 2.72. The number of ether oxygens (including phenoxy) is 3. The summed E-state index contributed by atoms with van der Waals surface area (Å²) in [5.74, 6) is 1.86. The number of methoxy groups -OCH3 is 1. The molecule has 106 valence electrons. The average molecular weight is 274 g/mol. The maximum absolute atomic E-state index is 12.2. The molecule has 1 atom stereocenters. The molecule has 2 aliphatic rings. The van der Waals surface area contributed by atoms with Crippen molar-refractivity contribution in [1.29, 1.82) is 0 Å². The van der Waals surface area contributed by atoms with Crippen LogP contribution >= 0.6 is 0 Å². The molecule has 0 bridgehead atoms. The van der Waals surface area contributed by atoms with Crippen LogP contribution in [0, 0.1) is 5.92 Å². The van der Waals surface area contributed by atoms with Crippen molar-refractivity contribution in [2.45, 2.75) is 32.8 Å². The van der Waals surface area contributed by atoms with Crippen LogP contribution in [0.15, 0.2) is 18.2 Å². The Labute approximate surface area is 118 Å². The highest BCUT2D eigenvalue weighted by Gasteiger charge is 2.35. The summed E-state index contributed by atoms with van der Waals surface area (Å²) in [6.45, 7) is 3.90. The van der Waals surface area contributed by atoms with Gasteiger partial charge >= 0.3 is 5.97 Å². The number of hydrogen-bond acceptors (Lipinski definition) is 4. The van der Waals surface area contributed by atoms with E-state index in [2.05, 4.69) is 0 Å². The van der Waals surface area contributed by atoms with Crippen LogP contribution in [0.2, 0.25) is 0 Å². The Hall–Kier alpha value is -1.97. The van der Waals surface area contributed by atoms with Gasteiger partial charge in [-0.3, -0.25) is 0 Å². The predicted octanol–water partition coefficient (Wildman–Crippen LogP) is 2.94. The first-order valence-corrected chi connectivity index (χ1v) is 6.90. The number of carbonyl (C=O) groups is 1. The van der Waals surface area contributed by atoms with E-state index >= 15 is 0 Å². The Kier molecular flexibility index (Phi) is 3.16. The first-order valence-electron chi connectivity index (χ1n) is 6.90. The molecule has 1 aromatic rings. The van der Waals surface area contributed by atoms with Crippen molar-refractivity contribution in [3.63, 3.8) is 0 Å². The molecule has 0 aromatic heterocycles. The quantitative estimate of drug-likeness (QED) is 0.778. The molecule has 1 aliphatic heterocycles. The molecule has 0 saturated carbocycles. The lowest BCUT2D eigenvalue weighted by molar-refractivity contribution is -0.145. The van der Waals surface area contributed by atoms with Crippen molar-refractivity contribution in [3.8, 4) is 11.5 Å². The lowest BCUT2D eigenvalue weighted by Crippen LogP contribution is -2.32. The third kappa shape index (κ3) is 1.96. The lowest BCUT2D eigenvalue weighted by atomic mass is 9.94. The fourth-order valence-electron chi connectivity index (χ4n) is 2.72. The number of rotatable bonds is 2. The first-order chi connectivity index (χ1) is 9.61. The summed E-state index contributed by atoms with van der Waals surface area (Å²) in [4.78, 5) is 12.2. The van der Waals surface area contributed by atoms with Gasteiger partial charge in [-0.05, 0) is 31.1 Å². The molecule has 1 unspecified atom stereocenters. The second kappa shape index (κ2) is 4.85. The minimum Gasteiger partial charge on any atom is -0.496 e. The van der Waals surface area contributed by atoms with Crippen LogP contribution in [0.3, 0.4) is 0 Å². The molecule has 1 heterocycles. The van der Waals surface area contributed by atoms with Crippen molar-refractivity contribution in [2.75, 3.05) is 7.11 Å². The van der Waals surface area contributed by atoms with E-state index in [9.17, 15) is 4.79 Å². The van der Waals surface area contributed by atoms with Gasteiger partial charge < -0.3 is 14.2 Å². The molecule has 20 heavy (non-hydrogen) atoms. The van der Waals surface area contributed by atoms with Gasteiger partial charge in [0.05, 0.1) is 12.7 Å². The van der Waals surface area contributed by atoms with Gasteiger partial charge in [0, 0.05) is 11.5 Å². The minimum atomic E-state index is -0.570. The van der Waals surface area contributed by atoms with Crippen LogP contribution in [0.4, 0.5) is 0 Å². The van der Waals surface area contributed by atoms with Crippen molar-refractivity contribution >= 4 is 11.7 Å². The smallest absolute Gasteiger partial charge is 0.353 e. The summed E-state index contributed by atoms with van der Waals surface area (Å²) >= 11 is 0. The number of hydrogen-bond donors (Lipinski definition) is 0. The van der Waals surface area contributed by atoms with E-state index in [1.165, 1.54) is 0 Å². The maximum atomic E-state index is 12.2. The van der Waals surface area contributed by atoms with Crippen LogP contribution in [0.1, 0.15) is 31.4 Å². The highest BCUT2D eigenvalue weighted by atomic mass is 16.6. The Balaban J connectivity index is 2.15. The average Bonchev–Trinajstić information content (AvgIpc) is 2.57. The van der Waals surface area contributed by atoms with Crippen molar-refractivity contribution in [3.05, 3.63) is 29.3 Å². The van der Waals surface area contributed by atoms with Crippen LogP contribution in [0.5, 0.6) is 11.5 Å². The first kappa shape index (κ1) is 13.0. The van der Waals surface area contributed by atoms with Crippen molar-refractivity contribution < 1.29 is 19.0 Å². The van der Waals surface area contributed by atoms with Crippen LogP contribution in [-0.2, 0) is 16.0 Å². The zero-order valence-corrected chi connectivity index (χ0v) is 11.9. The number of carbonyl (C=O) groups excluding carboxylic acids is 1. The largest absolute Gasteiger partial charge is 0.496 e. The molecule has 0 spiro atoms. The molecule has 4 heteroatoms. The lowest BCUT2D eigenvalue weighted by Gasteiger charge is -2.20. The Bertz CT molecular complexity index is 586. The molecule has 3 rings (SSSR count). The van der Waals surface area contributed by atoms with Crippen LogP contribution in [-0.4, -0.2) is 19.2 Å². The predicted molar refractivity (Wildman–Crippen MR) is 74.6 cm³/mol. The number of allylic oxidation sites excluding steroid dienone is 1. The van der Waals surface area contributed by atoms with Crippen molar-refractivity contribution in [1.82, 2.24) is 0 Å². The van der Waals surface area contributed by atoms with E-state index in [-0.39, 0.29) is 11.9 Å². The SMILES string of the molecule is COc1ccc2c3c1CCC=C3OC(=O)C(C(C)C)O2. The van der Waals surface area contributed by atoms with Gasteiger partial charge in [-0.15, -0.1) is 0 Å². The van der Waals surface area contributed by atoms with Gasteiger partial charge in [0.15, 0.2) is 6.10 Å². The van der Waals surface area contributed by atoms with Crippen LogP contribution in [0.25, 0.3) is 5.76 Å². The molecule has 0 N–H and O–H groups in total. The standard InChI is InChI=1S/C16H18O4/c1-9(2)15-16(17)20-12-6-4-5-10-11(18-3)7-8-13(19-15)14(10)12/h6-9,15H,4-5H2,1-3H3. The van der Waals surface area contributed by atoms with Crippen molar-refractivity contribution in [2.24, 2.45) is 5.92 Å². The topological polar surface area (TPSA) is 44.8 Å². The minimum absolute atomic E-state index is 0.0565. The van der Waals surface area contributed by atoms with E-state index in [0.717, 1.165) is 29.7 Å². The summed E-state index contributed by atoms with van der Waals surface area (Å²) in [6, 6.07) is 3.75. The second-order valence-corrected chi connectivity index (χ2v) is 5.43. The Morgan fingerprint density at radius 1 is 1.35 bits per heavy atom. The molecule has 0 saturated heterocycles. The zero-order valence-electron chi connectivity index (χ0n) is 11.9. The van der Waals surface area contributed by atoms with E-state index in [4.69, 9.17) is 14.2 Å². The molecular weight excluding hydrogens is 256 g/mol. The molecule has 1 aromatic carbocycles. The Morgan fingerprint density at radius 2 is 2.15 bits per heavy atom. The molecule has 0 amide bonds. The van der Waals surface area contributed by atoms with Gasteiger partial charge in [-0.1, -0.05) is 13.8 Å². The summed E-state index contributed by atoms with van der Waals surface area (Å²) in [5.41, 5.74) is 1.92. The zero-order chi connectivity index (χ0) is 14.3. The summed E-state index contributed by atoms with van der Waals surface area (Å²) in [6.07, 6.45) is 3.08. The fraction of sp³-hybridized carbons (Fsp3) is 0.438. The van der Waals surface area contributed by atoms with E-state index in [1.807, 2.05) is 32.1 Å². The Morgan fingerprint density at radius 3 is 2.85 bits per heavy atom. The van der Waals surface area contributed by atoms with E-state index < -0.39 is 6.10 Å². The van der Waals surface area contributed by atoms with Gasteiger partial charge in [-0.25, -0.2) is 4.79 Å². The molecule has 0 radical (unpaired) electrons. The van der Waals surface area contributed by atoms with Gasteiger partial charge in [0.2, 0.25) is 0 Å². The molecule has 0 fully saturated rings. The highest BCUT2D eigenvalue weighted by Crippen LogP contribution is 2.42. The highest BCUT2D eigenvalue weighted by molar-refractivity contribution is 5.87. The normalized spacial score (nSPS) is 20.5. The summed E-state index contributed by atoms with van der Waals surface area (Å²) in [7, 11) is 1.65. The second-order valence-electron chi connectivity index (χ2n) is 5.43. The monoisotopic (exact) mass is 274 g/mol. The molecule has 4 nitrogen and oxygen atoms in total. The van der Waals surface area contributed by atoms with Gasteiger partial charge in [0.1, 0.15) is 17.3 Å². The summed E-state index contributed by atoms with van der Waals surface area (Å²) in [5, 5.41) is 0. The third-order valence-electron chi connectivity index (χ3n) is 3.72. The van der Waals surface area contributed by atoms with Gasteiger partial charge in [0.25, 0.3) is 0 Å². The summed E-state index contributed by atoms with van der Waals surface area (Å²) < 4.78 is 16.8. The maximum Gasteiger partial charge on any atom is 0.353 e. The number of esters is 1. The van der Waals surface area contributed by atoms with E-state index in [0.29, 0.717) is 11.5 Å². The third-order valence-corrected chi connectivity index (χ3v) is 3.72.